The van der Waals surface area contributed by atoms with Crippen molar-refractivity contribution in [1.82, 2.24) is 10.2 Å². The summed E-state index contributed by atoms with van der Waals surface area (Å²) >= 11 is 0. The van der Waals surface area contributed by atoms with Gasteiger partial charge in [-0.3, -0.25) is 0 Å². The summed E-state index contributed by atoms with van der Waals surface area (Å²) in [6.07, 6.45) is 0.755. The summed E-state index contributed by atoms with van der Waals surface area (Å²) in [4.78, 5) is 2.24. The van der Waals surface area contributed by atoms with Crippen molar-refractivity contribution in [1.29, 1.82) is 0 Å². The van der Waals surface area contributed by atoms with Gasteiger partial charge in [0, 0.05) is 25.7 Å². The molecule has 1 aromatic carbocycles. The van der Waals surface area contributed by atoms with Gasteiger partial charge in [-0.05, 0) is 19.0 Å². The highest BCUT2D eigenvalue weighted by molar-refractivity contribution is 7.91. The normalized spacial score (nSPS) is 21.9. The van der Waals surface area contributed by atoms with E-state index in [0.717, 1.165) is 26.1 Å². The molecular weight excluding hydrogens is 260 g/mol. The van der Waals surface area contributed by atoms with E-state index in [4.69, 9.17) is 0 Å². The van der Waals surface area contributed by atoms with E-state index in [1.165, 1.54) is 5.56 Å². The molecule has 19 heavy (non-hydrogen) atoms. The molecule has 1 aromatic rings. The van der Waals surface area contributed by atoms with Crippen molar-refractivity contribution in [3.63, 3.8) is 0 Å². The van der Waals surface area contributed by atoms with Crippen LogP contribution >= 0.6 is 0 Å². The lowest BCUT2D eigenvalue weighted by atomic mass is 10.2. The molecule has 1 fully saturated rings. The van der Waals surface area contributed by atoms with Gasteiger partial charge in [0.1, 0.15) is 0 Å². The molecule has 0 amide bonds. The Morgan fingerprint density at radius 3 is 2.68 bits per heavy atom. The second-order valence-electron chi connectivity index (χ2n) is 5.28. The quantitative estimate of drug-likeness (QED) is 0.842. The highest BCUT2D eigenvalue weighted by Gasteiger charge is 2.27. The number of likely N-dealkylation sites (N-methyl/N-ethyl adjacent to an activating group) is 1. The molecule has 1 atom stereocenters. The van der Waals surface area contributed by atoms with Crippen LogP contribution < -0.4 is 5.32 Å². The lowest BCUT2D eigenvalue weighted by molar-refractivity contribution is 0.319. The number of nitrogens with zero attached hydrogens (tertiary/aromatic N) is 1. The minimum Gasteiger partial charge on any atom is -0.312 e. The molecule has 0 aliphatic carbocycles. The molecule has 0 radical (unpaired) electrons. The Balaban J connectivity index is 1.66. The molecule has 5 heteroatoms. The number of benzene rings is 1. The predicted molar refractivity (Wildman–Crippen MR) is 77.8 cm³/mol. The van der Waals surface area contributed by atoms with Crippen LogP contribution in [0.3, 0.4) is 0 Å². The third-order valence-corrected chi connectivity index (χ3v) is 5.22. The van der Waals surface area contributed by atoms with Gasteiger partial charge < -0.3 is 10.2 Å². The van der Waals surface area contributed by atoms with Gasteiger partial charge in [-0.1, -0.05) is 30.3 Å². The number of rotatable bonds is 6. The summed E-state index contributed by atoms with van der Waals surface area (Å²) in [6.45, 7) is 2.68. The zero-order valence-corrected chi connectivity index (χ0v) is 12.2. The summed E-state index contributed by atoms with van der Waals surface area (Å²) in [7, 11) is -0.687. The maximum absolute atomic E-state index is 11.3. The second-order valence-corrected chi connectivity index (χ2v) is 7.51. The van der Waals surface area contributed by atoms with E-state index in [0.29, 0.717) is 11.5 Å². The van der Waals surface area contributed by atoms with Crippen molar-refractivity contribution < 1.29 is 8.42 Å². The Bertz CT molecular complexity index is 487. The van der Waals surface area contributed by atoms with Gasteiger partial charge in [0.05, 0.1) is 11.5 Å². The molecule has 0 aromatic heterocycles. The topological polar surface area (TPSA) is 49.4 Å². The lowest BCUT2D eigenvalue weighted by Crippen LogP contribution is -2.36. The van der Waals surface area contributed by atoms with E-state index in [1.807, 2.05) is 18.2 Å². The van der Waals surface area contributed by atoms with Crippen molar-refractivity contribution in [2.24, 2.45) is 0 Å². The molecule has 2 rings (SSSR count). The third-order valence-electron chi connectivity index (χ3n) is 3.45. The van der Waals surface area contributed by atoms with Crippen molar-refractivity contribution in [3.8, 4) is 0 Å². The van der Waals surface area contributed by atoms with Crippen molar-refractivity contribution in [2.45, 2.75) is 19.0 Å². The molecular formula is C14H22N2O2S. The van der Waals surface area contributed by atoms with Crippen molar-refractivity contribution in [2.75, 3.05) is 31.6 Å². The summed E-state index contributed by atoms with van der Waals surface area (Å²) < 4.78 is 22.7. The Hall–Kier alpha value is -0.910. The van der Waals surface area contributed by atoms with Crippen LogP contribution in [-0.2, 0) is 16.4 Å². The monoisotopic (exact) mass is 282 g/mol. The largest absolute Gasteiger partial charge is 0.312 e. The molecule has 1 aliphatic heterocycles. The fourth-order valence-corrected chi connectivity index (χ4v) is 4.10. The fourth-order valence-electron chi connectivity index (χ4n) is 2.39. The molecule has 0 saturated carbocycles. The first-order valence-electron chi connectivity index (χ1n) is 6.71. The predicted octanol–water partition coefficient (Wildman–Crippen LogP) is 0.895. The summed E-state index contributed by atoms with van der Waals surface area (Å²) in [5.41, 5.74) is 1.30. The lowest BCUT2D eigenvalue weighted by Gasteiger charge is -2.18. The number of nitrogens with one attached hydrogen (secondary N) is 1. The van der Waals surface area contributed by atoms with Crippen LogP contribution in [0.5, 0.6) is 0 Å². The van der Waals surface area contributed by atoms with Crippen molar-refractivity contribution >= 4 is 9.84 Å². The molecule has 1 heterocycles. The fraction of sp³-hybridized carbons (Fsp3) is 0.571. The highest BCUT2D eigenvalue weighted by Crippen LogP contribution is 2.10. The number of hydrogen-bond donors (Lipinski definition) is 1. The Kier molecular flexibility index (Phi) is 4.96. The standard InChI is InChI=1S/C14H22N2O2S/c1-16(11-13-5-3-2-4-6-13)9-8-15-14-7-10-19(17,18)12-14/h2-6,14-15H,7-12H2,1H3. The Morgan fingerprint density at radius 1 is 1.32 bits per heavy atom. The van der Waals surface area contributed by atoms with Gasteiger partial charge >= 0.3 is 0 Å². The summed E-state index contributed by atoms with van der Waals surface area (Å²) in [6, 6.07) is 10.5. The second kappa shape index (κ2) is 6.50. The van der Waals surface area contributed by atoms with E-state index in [-0.39, 0.29) is 6.04 Å². The smallest absolute Gasteiger partial charge is 0.151 e. The first-order chi connectivity index (χ1) is 9.05. The van der Waals surface area contributed by atoms with Crippen LogP contribution in [-0.4, -0.2) is 51.0 Å². The van der Waals surface area contributed by atoms with Gasteiger partial charge in [-0.25, -0.2) is 8.42 Å². The van der Waals surface area contributed by atoms with Crippen LogP contribution in [0.1, 0.15) is 12.0 Å². The minimum absolute atomic E-state index is 0.148. The SMILES string of the molecule is CN(CCNC1CCS(=O)(=O)C1)Cc1ccccc1. The molecule has 4 nitrogen and oxygen atoms in total. The first kappa shape index (κ1) is 14.5. The average molecular weight is 282 g/mol. The van der Waals surface area contributed by atoms with E-state index in [1.54, 1.807) is 0 Å². The van der Waals surface area contributed by atoms with Gasteiger partial charge in [-0.15, -0.1) is 0 Å². The minimum atomic E-state index is -2.77. The molecule has 1 unspecified atom stereocenters. The Labute approximate surface area is 115 Å². The van der Waals surface area contributed by atoms with Crippen LogP contribution in [0.4, 0.5) is 0 Å². The first-order valence-corrected chi connectivity index (χ1v) is 8.53. The molecule has 1 aliphatic rings. The molecule has 1 saturated heterocycles. The molecule has 0 spiro atoms. The zero-order chi connectivity index (χ0) is 13.7. The zero-order valence-electron chi connectivity index (χ0n) is 11.4. The summed E-state index contributed by atoms with van der Waals surface area (Å²) in [5, 5.41) is 3.33. The van der Waals surface area contributed by atoms with E-state index in [2.05, 4.69) is 29.4 Å². The summed E-state index contributed by atoms with van der Waals surface area (Å²) in [5.74, 6) is 0.639. The third kappa shape index (κ3) is 4.93. The molecule has 0 bridgehead atoms. The Morgan fingerprint density at radius 2 is 2.05 bits per heavy atom. The van der Waals surface area contributed by atoms with Crippen LogP contribution in [0, 0.1) is 0 Å². The maximum atomic E-state index is 11.3. The van der Waals surface area contributed by atoms with Crippen LogP contribution in [0.15, 0.2) is 30.3 Å². The average Bonchev–Trinajstić information content (AvgIpc) is 2.70. The van der Waals surface area contributed by atoms with Gasteiger partial charge in [0.2, 0.25) is 0 Å². The van der Waals surface area contributed by atoms with Crippen molar-refractivity contribution in [3.05, 3.63) is 35.9 Å². The maximum Gasteiger partial charge on any atom is 0.151 e. The number of hydrogen-bond acceptors (Lipinski definition) is 4. The van der Waals surface area contributed by atoms with Gasteiger partial charge in [-0.2, -0.15) is 0 Å². The number of sulfone groups is 1. The highest BCUT2D eigenvalue weighted by atomic mass is 32.2. The molecule has 106 valence electrons. The molecule has 1 N–H and O–H groups in total. The van der Waals surface area contributed by atoms with E-state index in [9.17, 15) is 8.42 Å². The van der Waals surface area contributed by atoms with E-state index < -0.39 is 9.84 Å². The van der Waals surface area contributed by atoms with Crippen LogP contribution in [0.2, 0.25) is 0 Å². The van der Waals surface area contributed by atoms with Gasteiger partial charge in [0.15, 0.2) is 9.84 Å². The van der Waals surface area contributed by atoms with Crippen LogP contribution in [0.25, 0.3) is 0 Å². The van der Waals surface area contributed by atoms with E-state index >= 15 is 0 Å². The van der Waals surface area contributed by atoms with Gasteiger partial charge in [0.25, 0.3) is 0 Å².